The second-order valence-corrected chi connectivity index (χ2v) is 7.20. The van der Waals surface area contributed by atoms with Gasteiger partial charge in [0.1, 0.15) is 29.0 Å². The number of benzene rings is 2. The van der Waals surface area contributed by atoms with Crippen LogP contribution < -0.4 is 9.64 Å². The monoisotopic (exact) mass is 380 g/mol. The lowest BCUT2D eigenvalue weighted by atomic mass is 10.2. The number of ether oxygens (including phenoxy) is 1. The first-order valence-electron chi connectivity index (χ1n) is 9.09. The van der Waals surface area contributed by atoms with Crippen LogP contribution in [0.1, 0.15) is 19.7 Å². The van der Waals surface area contributed by atoms with E-state index in [2.05, 4.69) is 23.8 Å². The van der Waals surface area contributed by atoms with Gasteiger partial charge in [-0.25, -0.2) is 9.37 Å². The van der Waals surface area contributed by atoms with Gasteiger partial charge in [-0.3, -0.25) is 5.41 Å². The molecule has 1 aliphatic rings. The standard InChI is InChI=1S/C21H21FN4O2/c1-12(2)11-28-15-6-4-14(5-7-15)26-10-18(27)19(20(26)23)21-24-16-8-3-13(22)9-17(16)25-21/h3-9,12,23,27H,10-11H2,1-2H3,(H,24,25). The van der Waals surface area contributed by atoms with Crippen molar-refractivity contribution >= 4 is 28.1 Å². The van der Waals surface area contributed by atoms with Gasteiger partial charge >= 0.3 is 0 Å². The first-order chi connectivity index (χ1) is 13.4. The minimum absolute atomic E-state index is 0.0460. The third kappa shape index (κ3) is 3.31. The minimum atomic E-state index is -0.371. The van der Waals surface area contributed by atoms with E-state index in [0.29, 0.717) is 35.0 Å². The summed E-state index contributed by atoms with van der Waals surface area (Å²) in [5.41, 5.74) is 2.19. The Labute approximate surface area is 161 Å². The highest BCUT2D eigenvalue weighted by molar-refractivity contribution is 6.30. The van der Waals surface area contributed by atoms with Crippen LogP contribution in [0.15, 0.2) is 48.2 Å². The Balaban J connectivity index is 1.57. The van der Waals surface area contributed by atoms with Gasteiger partial charge in [0.05, 0.1) is 29.8 Å². The Morgan fingerprint density at radius 3 is 2.71 bits per heavy atom. The average Bonchev–Trinajstić information content (AvgIpc) is 3.19. The van der Waals surface area contributed by atoms with Gasteiger partial charge in [-0.1, -0.05) is 13.8 Å². The van der Waals surface area contributed by atoms with Gasteiger partial charge in [-0.2, -0.15) is 0 Å². The van der Waals surface area contributed by atoms with Crippen molar-refractivity contribution in [1.29, 1.82) is 5.41 Å². The number of halogens is 1. The van der Waals surface area contributed by atoms with E-state index in [-0.39, 0.29) is 24.0 Å². The van der Waals surface area contributed by atoms with Gasteiger partial charge in [0, 0.05) is 5.69 Å². The SMILES string of the molecule is CC(C)COc1ccc(N2CC(O)=C(c3nc4ccc(F)cc4[nH]3)C2=N)cc1. The molecule has 0 atom stereocenters. The van der Waals surface area contributed by atoms with Crippen LogP contribution in [0.4, 0.5) is 10.1 Å². The Bertz CT molecular complexity index is 1070. The number of rotatable bonds is 5. The molecule has 0 saturated heterocycles. The number of aliphatic hydroxyl groups is 1. The highest BCUT2D eigenvalue weighted by atomic mass is 19.1. The van der Waals surface area contributed by atoms with E-state index in [1.807, 2.05) is 24.3 Å². The molecule has 144 valence electrons. The molecular formula is C21H21FN4O2. The first kappa shape index (κ1) is 18.0. The number of amidine groups is 1. The molecule has 2 heterocycles. The molecule has 0 amide bonds. The van der Waals surface area contributed by atoms with Crippen molar-refractivity contribution in [3.63, 3.8) is 0 Å². The molecule has 4 rings (SSSR count). The summed E-state index contributed by atoms with van der Waals surface area (Å²) in [5, 5.41) is 19.0. The van der Waals surface area contributed by atoms with E-state index in [4.69, 9.17) is 10.1 Å². The molecule has 0 unspecified atom stereocenters. The summed E-state index contributed by atoms with van der Waals surface area (Å²) in [4.78, 5) is 9.07. The lowest BCUT2D eigenvalue weighted by Crippen LogP contribution is -2.26. The number of imidazole rings is 1. The Hall–Kier alpha value is -3.35. The van der Waals surface area contributed by atoms with Crippen LogP contribution in [0.5, 0.6) is 5.75 Å². The fourth-order valence-electron chi connectivity index (χ4n) is 3.13. The smallest absolute Gasteiger partial charge is 0.145 e. The molecule has 3 aromatic rings. The van der Waals surface area contributed by atoms with Crippen molar-refractivity contribution in [3.05, 3.63) is 59.9 Å². The highest BCUT2D eigenvalue weighted by Crippen LogP contribution is 2.31. The Morgan fingerprint density at radius 2 is 2.00 bits per heavy atom. The topological polar surface area (TPSA) is 85.2 Å². The van der Waals surface area contributed by atoms with Crippen LogP contribution in [0.2, 0.25) is 0 Å². The number of aliphatic hydroxyl groups excluding tert-OH is 1. The summed E-state index contributed by atoms with van der Waals surface area (Å²) in [7, 11) is 0. The lowest BCUT2D eigenvalue weighted by molar-refractivity contribution is 0.271. The summed E-state index contributed by atoms with van der Waals surface area (Å²) >= 11 is 0. The molecule has 0 bridgehead atoms. The number of H-pyrrole nitrogens is 1. The molecule has 6 nitrogen and oxygen atoms in total. The Morgan fingerprint density at radius 1 is 1.25 bits per heavy atom. The Kier molecular flexibility index (Phi) is 4.50. The summed E-state index contributed by atoms with van der Waals surface area (Å²) in [5.74, 6) is 1.36. The van der Waals surface area contributed by atoms with E-state index in [1.165, 1.54) is 12.1 Å². The van der Waals surface area contributed by atoms with Crippen LogP contribution >= 0.6 is 0 Å². The molecule has 3 N–H and O–H groups in total. The summed E-state index contributed by atoms with van der Waals surface area (Å²) in [6.45, 7) is 4.98. The van der Waals surface area contributed by atoms with Gasteiger partial charge in [0.25, 0.3) is 0 Å². The van der Waals surface area contributed by atoms with Crippen molar-refractivity contribution < 1.29 is 14.2 Å². The third-order valence-corrected chi connectivity index (χ3v) is 4.52. The van der Waals surface area contributed by atoms with E-state index >= 15 is 0 Å². The lowest BCUT2D eigenvalue weighted by Gasteiger charge is -2.19. The maximum absolute atomic E-state index is 13.4. The molecule has 0 fully saturated rings. The molecule has 2 aromatic carbocycles. The maximum Gasteiger partial charge on any atom is 0.145 e. The van der Waals surface area contributed by atoms with E-state index in [1.54, 1.807) is 11.0 Å². The average molecular weight is 380 g/mol. The number of hydrogen-bond acceptors (Lipinski definition) is 4. The fraction of sp³-hybridized carbons (Fsp3) is 0.238. The molecule has 28 heavy (non-hydrogen) atoms. The zero-order valence-electron chi connectivity index (χ0n) is 15.7. The molecule has 0 aliphatic carbocycles. The van der Waals surface area contributed by atoms with E-state index < -0.39 is 0 Å². The van der Waals surface area contributed by atoms with Crippen LogP contribution in [0, 0.1) is 17.1 Å². The molecule has 7 heteroatoms. The number of hydrogen-bond donors (Lipinski definition) is 3. The summed E-state index contributed by atoms with van der Waals surface area (Å²) < 4.78 is 19.1. The molecule has 0 radical (unpaired) electrons. The highest BCUT2D eigenvalue weighted by Gasteiger charge is 2.31. The first-order valence-corrected chi connectivity index (χ1v) is 9.09. The quantitative estimate of drug-likeness (QED) is 0.608. The second kappa shape index (κ2) is 6.99. The number of fused-ring (bicyclic) bond motifs is 1. The van der Waals surface area contributed by atoms with Gasteiger partial charge in [0.15, 0.2) is 0 Å². The van der Waals surface area contributed by atoms with Gasteiger partial charge in [0.2, 0.25) is 0 Å². The number of nitrogens with one attached hydrogen (secondary N) is 2. The minimum Gasteiger partial charge on any atom is -0.509 e. The number of aromatic nitrogens is 2. The number of anilines is 1. The van der Waals surface area contributed by atoms with Crippen molar-refractivity contribution in [2.45, 2.75) is 13.8 Å². The van der Waals surface area contributed by atoms with Crippen molar-refractivity contribution in [2.75, 3.05) is 18.1 Å². The zero-order valence-corrected chi connectivity index (χ0v) is 15.7. The van der Waals surface area contributed by atoms with Gasteiger partial charge < -0.3 is 19.7 Å². The number of nitrogens with zero attached hydrogens (tertiary/aromatic N) is 2. The summed E-state index contributed by atoms with van der Waals surface area (Å²) in [6.07, 6.45) is 0. The molecule has 0 saturated carbocycles. The number of aromatic amines is 1. The molecular weight excluding hydrogens is 359 g/mol. The largest absolute Gasteiger partial charge is 0.509 e. The molecule has 1 aliphatic heterocycles. The van der Waals surface area contributed by atoms with Gasteiger partial charge in [-0.05, 0) is 48.4 Å². The zero-order chi connectivity index (χ0) is 19.8. The second-order valence-electron chi connectivity index (χ2n) is 7.20. The van der Waals surface area contributed by atoms with E-state index in [0.717, 1.165) is 11.4 Å². The predicted molar refractivity (Wildman–Crippen MR) is 107 cm³/mol. The molecule has 0 spiro atoms. The van der Waals surface area contributed by atoms with Crippen LogP contribution in [0.25, 0.3) is 16.6 Å². The van der Waals surface area contributed by atoms with Crippen molar-refractivity contribution in [1.82, 2.24) is 9.97 Å². The van der Waals surface area contributed by atoms with Crippen molar-refractivity contribution in [3.8, 4) is 5.75 Å². The van der Waals surface area contributed by atoms with Crippen LogP contribution in [-0.4, -0.2) is 34.1 Å². The summed E-state index contributed by atoms with van der Waals surface area (Å²) in [6, 6.07) is 11.7. The normalized spacial score (nSPS) is 14.6. The van der Waals surface area contributed by atoms with Crippen LogP contribution in [0.3, 0.4) is 0 Å². The van der Waals surface area contributed by atoms with Crippen molar-refractivity contribution in [2.24, 2.45) is 5.92 Å². The van der Waals surface area contributed by atoms with E-state index in [9.17, 15) is 9.50 Å². The van der Waals surface area contributed by atoms with Crippen LogP contribution in [-0.2, 0) is 0 Å². The molecule has 1 aromatic heterocycles. The predicted octanol–water partition coefficient (Wildman–Crippen LogP) is 4.50. The third-order valence-electron chi connectivity index (χ3n) is 4.52. The van der Waals surface area contributed by atoms with Gasteiger partial charge in [-0.15, -0.1) is 0 Å². The fourth-order valence-corrected chi connectivity index (χ4v) is 3.13. The maximum atomic E-state index is 13.4.